The molecule has 0 radical (unpaired) electrons. The summed E-state index contributed by atoms with van der Waals surface area (Å²) in [7, 11) is 0. The Kier molecular flexibility index (Phi) is 4.93. The number of carbonyl (C=O) groups is 1. The van der Waals surface area contributed by atoms with E-state index in [9.17, 15) is 4.79 Å². The molecule has 2 heterocycles. The average molecular weight is 326 g/mol. The van der Waals surface area contributed by atoms with Crippen LogP contribution in [0.4, 0.5) is 5.95 Å². The van der Waals surface area contributed by atoms with E-state index in [-0.39, 0.29) is 5.91 Å². The Bertz CT molecular complexity index is 684. The first kappa shape index (κ1) is 16.2. The Morgan fingerprint density at radius 3 is 2.42 bits per heavy atom. The largest absolute Gasteiger partial charge is 0.481 e. The van der Waals surface area contributed by atoms with Crippen LogP contribution in [0.1, 0.15) is 12.5 Å². The van der Waals surface area contributed by atoms with Gasteiger partial charge in [-0.2, -0.15) is 0 Å². The molecule has 6 nitrogen and oxygen atoms in total. The molecule has 0 saturated carbocycles. The molecule has 0 N–H and O–H groups in total. The molecular formula is C18H22N4O2. The van der Waals surface area contributed by atoms with E-state index >= 15 is 0 Å². The summed E-state index contributed by atoms with van der Waals surface area (Å²) in [6, 6.07) is 9.54. The number of amides is 1. The summed E-state index contributed by atoms with van der Waals surface area (Å²) in [6.07, 6.45) is 2.97. The molecule has 3 rings (SSSR count). The summed E-state index contributed by atoms with van der Waals surface area (Å²) in [4.78, 5) is 25.1. The Morgan fingerprint density at radius 2 is 1.75 bits per heavy atom. The van der Waals surface area contributed by atoms with Gasteiger partial charge in [0.15, 0.2) is 6.10 Å². The lowest BCUT2D eigenvalue weighted by Gasteiger charge is -2.35. The van der Waals surface area contributed by atoms with E-state index < -0.39 is 6.10 Å². The Hall–Kier alpha value is -2.63. The third-order valence-corrected chi connectivity index (χ3v) is 4.17. The van der Waals surface area contributed by atoms with Crippen LogP contribution < -0.4 is 9.64 Å². The second kappa shape index (κ2) is 7.29. The van der Waals surface area contributed by atoms with Crippen molar-refractivity contribution in [2.75, 3.05) is 31.1 Å². The van der Waals surface area contributed by atoms with Gasteiger partial charge in [-0.05, 0) is 31.5 Å². The minimum absolute atomic E-state index is 0.0203. The van der Waals surface area contributed by atoms with Gasteiger partial charge in [-0.3, -0.25) is 4.79 Å². The van der Waals surface area contributed by atoms with Crippen LogP contribution in [0.2, 0.25) is 0 Å². The first-order valence-electron chi connectivity index (χ1n) is 8.18. The summed E-state index contributed by atoms with van der Waals surface area (Å²) in [5.41, 5.74) is 1.03. The third kappa shape index (κ3) is 3.64. The number of anilines is 1. The van der Waals surface area contributed by atoms with Gasteiger partial charge in [0.05, 0.1) is 0 Å². The number of carbonyl (C=O) groups excluding carboxylic acids is 1. The lowest BCUT2D eigenvalue weighted by molar-refractivity contribution is -0.138. The van der Waals surface area contributed by atoms with Crippen molar-refractivity contribution >= 4 is 11.9 Å². The normalized spacial score (nSPS) is 15.9. The molecule has 0 aliphatic carbocycles. The highest BCUT2D eigenvalue weighted by molar-refractivity contribution is 5.81. The van der Waals surface area contributed by atoms with Gasteiger partial charge >= 0.3 is 0 Å². The molecule has 6 heteroatoms. The zero-order valence-corrected chi connectivity index (χ0v) is 14.1. The molecule has 1 aromatic heterocycles. The third-order valence-electron chi connectivity index (χ3n) is 4.17. The maximum Gasteiger partial charge on any atom is 0.263 e. The van der Waals surface area contributed by atoms with E-state index in [2.05, 4.69) is 14.9 Å². The van der Waals surface area contributed by atoms with E-state index in [0.29, 0.717) is 19.0 Å². The molecule has 0 spiro atoms. The Labute approximate surface area is 142 Å². The molecule has 1 aromatic carbocycles. The van der Waals surface area contributed by atoms with Crippen LogP contribution >= 0.6 is 0 Å². The first-order chi connectivity index (χ1) is 11.6. The molecule has 1 amide bonds. The van der Waals surface area contributed by atoms with E-state index in [1.165, 1.54) is 0 Å². The summed E-state index contributed by atoms with van der Waals surface area (Å²) >= 11 is 0. The summed E-state index contributed by atoms with van der Waals surface area (Å²) in [5, 5.41) is 0. The zero-order valence-electron chi connectivity index (χ0n) is 14.1. The lowest BCUT2D eigenvalue weighted by Crippen LogP contribution is -2.52. The van der Waals surface area contributed by atoms with Gasteiger partial charge in [-0.1, -0.05) is 18.2 Å². The van der Waals surface area contributed by atoms with Crippen LogP contribution in [0.5, 0.6) is 5.75 Å². The molecule has 1 aliphatic heterocycles. The van der Waals surface area contributed by atoms with Gasteiger partial charge in [0.2, 0.25) is 5.95 Å². The van der Waals surface area contributed by atoms with Crippen LogP contribution in [-0.2, 0) is 4.79 Å². The highest BCUT2D eigenvalue weighted by Gasteiger charge is 2.27. The number of para-hydroxylation sites is 1. The predicted octanol–water partition coefficient (Wildman–Crippen LogP) is 1.90. The van der Waals surface area contributed by atoms with Crippen LogP contribution in [0.15, 0.2) is 42.7 Å². The van der Waals surface area contributed by atoms with E-state index in [1.807, 2.05) is 36.1 Å². The second-order valence-corrected chi connectivity index (χ2v) is 5.89. The number of benzene rings is 1. The van der Waals surface area contributed by atoms with Gasteiger partial charge in [0, 0.05) is 38.6 Å². The molecule has 1 fully saturated rings. The quantitative estimate of drug-likeness (QED) is 0.859. The fraction of sp³-hybridized carbons (Fsp3) is 0.389. The first-order valence-corrected chi connectivity index (χ1v) is 8.18. The SMILES string of the molecule is Cc1ccccc1O[C@@H](C)C(=O)N1CCN(c2ncccn2)CC1. The highest BCUT2D eigenvalue weighted by atomic mass is 16.5. The zero-order chi connectivity index (χ0) is 16.9. The number of piperazine rings is 1. The van der Waals surface area contributed by atoms with E-state index in [4.69, 9.17) is 4.74 Å². The van der Waals surface area contributed by atoms with Gasteiger partial charge < -0.3 is 14.5 Å². The smallest absolute Gasteiger partial charge is 0.263 e. The summed E-state index contributed by atoms with van der Waals surface area (Å²) in [5.74, 6) is 1.50. The summed E-state index contributed by atoms with van der Waals surface area (Å²) < 4.78 is 5.84. The number of rotatable bonds is 4. The number of nitrogens with zero attached hydrogens (tertiary/aromatic N) is 4. The second-order valence-electron chi connectivity index (χ2n) is 5.89. The standard InChI is InChI=1S/C18H22N4O2/c1-14-6-3-4-7-16(14)24-15(2)17(23)21-10-12-22(13-11-21)18-19-8-5-9-20-18/h3-9,15H,10-13H2,1-2H3/t15-/m0/s1. The molecule has 1 aliphatic rings. The number of hydrogen-bond donors (Lipinski definition) is 0. The highest BCUT2D eigenvalue weighted by Crippen LogP contribution is 2.19. The minimum atomic E-state index is -0.495. The number of aromatic nitrogens is 2. The number of ether oxygens (including phenoxy) is 1. The fourth-order valence-electron chi connectivity index (χ4n) is 2.77. The van der Waals surface area contributed by atoms with E-state index in [1.54, 1.807) is 25.4 Å². The number of aryl methyl sites for hydroxylation is 1. The van der Waals surface area contributed by atoms with Gasteiger partial charge in [-0.15, -0.1) is 0 Å². The average Bonchev–Trinajstić information content (AvgIpc) is 2.64. The van der Waals surface area contributed by atoms with Crippen molar-refractivity contribution in [1.82, 2.24) is 14.9 Å². The predicted molar refractivity (Wildman–Crippen MR) is 92.1 cm³/mol. The Morgan fingerprint density at radius 1 is 1.08 bits per heavy atom. The van der Waals surface area contributed by atoms with Gasteiger partial charge in [0.1, 0.15) is 5.75 Å². The van der Waals surface area contributed by atoms with Gasteiger partial charge in [-0.25, -0.2) is 9.97 Å². The lowest BCUT2D eigenvalue weighted by atomic mass is 10.2. The maximum atomic E-state index is 12.6. The van der Waals surface area contributed by atoms with Crippen molar-refractivity contribution < 1.29 is 9.53 Å². The van der Waals surface area contributed by atoms with Crippen molar-refractivity contribution in [3.8, 4) is 5.75 Å². The van der Waals surface area contributed by atoms with Crippen LogP contribution in [-0.4, -0.2) is 53.1 Å². The molecule has 2 aromatic rings. The van der Waals surface area contributed by atoms with Crippen LogP contribution in [0.25, 0.3) is 0 Å². The molecule has 0 bridgehead atoms. The van der Waals surface area contributed by atoms with Crippen LogP contribution in [0.3, 0.4) is 0 Å². The van der Waals surface area contributed by atoms with Gasteiger partial charge in [0.25, 0.3) is 5.91 Å². The summed E-state index contributed by atoms with van der Waals surface area (Å²) in [6.45, 7) is 6.55. The molecule has 0 unspecified atom stereocenters. The molecule has 126 valence electrons. The number of hydrogen-bond acceptors (Lipinski definition) is 5. The minimum Gasteiger partial charge on any atom is -0.481 e. The monoisotopic (exact) mass is 326 g/mol. The molecule has 1 atom stereocenters. The van der Waals surface area contributed by atoms with E-state index in [0.717, 1.165) is 24.4 Å². The molecular weight excluding hydrogens is 304 g/mol. The van der Waals surface area contributed by atoms with Crippen molar-refractivity contribution in [2.45, 2.75) is 20.0 Å². The molecule has 24 heavy (non-hydrogen) atoms. The van der Waals surface area contributed by atoms with Crippen molar-refractivity contribution in [2.24, 2.45) is 0 Å². The fourth-order valence-corrected chi connectivity index (χ4v) is 2.77. The van der Waals surface area contributed by atoms with Crippen molar-refractivity contribution in [1.29, 1.82) is 0 Å². The maximum absolute atomic E-state index is 12.6. The van der Waals surface area contributed by atoms with Crippen LogP contribution in [0, 0.1) is 6.92 Å². The van der Waals surface area contributed by atoms with Crippen molar-refractivity contribution in [3.05, 3.63) is 48.3 Å². The Balaban J connectivity index is 1.56. The van der Waals surface area contributed by atoms with Crippen molar-refractivity contribution in [3.63, 3.8) is 0 Å². The topological polar surface area (TPSA) is 58.6 Å². The molecule has 1 saturated heterocycles.